The molecule has 1 unspecified atom stereocenters. The van der Waals surface area contributed by atoms with Crippen LogP contribution in [0.3, 0.4) is 0 Å². The van der Waals surface area contributed by atoms with E-state index in [1.165, 1.54) is 16.7 Å². The highest BCUT2D eigenvalue weighted by atomic mass is 14.7. The molecule has 0 radical (unpaired) electrons. The predicted octanol–water partition coefficient (Wildman–Crippen LogP) is 5.01. The third-order valence-electron chi connectivity index (χ3n) is 4.92. The molecular formula is C20H27N. The summed E-state index contributed by atoms with van der Waals surface area (Å²) in [6, 6.07) is 19.5. The van der Waals surface area contributed by atoms with Gasteiger partial charge in [0.1, 0.15) is 0 Å². The molecule has 0 aliphatic heterocycles. The van der Waals surface area contributed by atoms with Crippen molar-refractivity contribution in [2.75, 3.05) is 0 Å². The van der Waals surface area contributed by atoms with Gasteiger partial charge in [-0.3, -0.25) is 0 Å². The summed E-state index contributed by atoms with van der Waals surface area (Å²) in [5.74, 6) is 0. The molecule has 0 aromatic heterocycles. The standard InChI is InChI=1S/C20H27N/c1-4-16-11-10-12-17(15-16)19(21)20(5-2,6-3)18-13-8-7-9-14-18/h7-15,19H,4-6,21H2,1-3H3. The van der Waals surface area contributed by atoms with Crippen LogP contribution < -0.4 is 5.73 Å². The molecule has 0 aliphatic carbocycles. The molecular weight excluding hydrogens is 254 g/mol. The van der Waals surface area contributed by atoms with Crippen LogP contribution in [-0.4, -0.2) is 0 Å². The number of benzene rings is 2. The van der Waals surface area contributed by atoms with Gasteiger partial charge in [-0.05, 0) is 36.0 Å². The average molecular weight is 281 g/mol. The Morgan fingerprint density at radius 2 is 1.57 bits per heavy atom. The SMILES string of the molecule is CCc1cccc(C(N)C(CC)(CC)c2ccccc2)c1. The smallest absolute Gasteiger partial charge is 0.0393 e. The lowest BCUT2D eigenvalue weighted by Gasteiger charge is -2.38. The van der Waals surface area contributed by atoms with Crippen molar-refractivity contribution in [1.82, 2.24) is 0 Å². The van der Waals surface area contributed by atoms with Gasteiger partial charge < -0.3 is 5.73 Å². The molecule has 0 aliphatic rings. The van der Waals surface area contributed by atoms with Gasteiger partial charge in [0.15, 0.2) is 0 Å². The van der Waals surface area contributed by atoms with Gasteiger partial charge in [-0.15, -0.1) is 0 Å². The molecule has 0 amide bonds. The first kappa shape index (κ1) is 15.8. The van der Waals surface area contributed by atoms with Gasteiger partial charge in [0.05, 0.1) is 0 Å². The average Bonchev–Trinajstić information content (AvgIpc) is 2.57. The summed E-state index contributed by atoms with van der Waals surface area (Å²) in [5.41, 5.74) is 10.7. The molecule has 112 valence electrons. The fourth-order valence-electron chi connectivity index (χ4n) is 3.37. The summed E-state index contributed by atoms with van der Waals surface area (Å²) in [6.45, 7) is 6.69. The van der Waals surface area contributed by atoms with Crippen molar-refractivity contribution in [2.45, 2.75) is 51.5 Å². The number of aryl methyl sites for hydroxylation is 1. The minimum Gasteiger partial charge on any atom is -0.323 e. The molecule has 2 aromatic carbocycles. The highest BCUT2D eigenvalue weighted by Gasteiger charge is 2.35. The molecule has 2 rings (SSSR count). The van der Waals surface area contributed by atoms with Crippen molar-refractivity contribution in [3.63, 3.8) is 0 Å². The fraction of sp³-hybridized carbons (Fsp3) is 0.400. The van der Waals surface area contributed by atoms with Crippen LogP contribution in [0.2, 0.25) is 0 Å². The Kier molecular flexibility index (Phi) is 5.19. The van der Waals surface area contributed by atoms with E-state index in [2.05, 4.69) is 75.4 Å². The lowest BCUT2D eigenvalue weighted by atomic mass is 9.68. The molecule has 0 bridgehead atoms. The van der Waals surface area contributed by atoms with E-state index in [0.717, 1.165) is 19.3 Å². The molecule has 2 aromatic rings. The fourth-order valence-corrected chi connectivity index (χ4v) is 3.37. The Labute approximate surface area is 129 Å². The van der Waals surface area contributed by atoms with Crippen LogP contribution in [-0.2, 0) is 11.8 Å². The van der Waals surface area contributed by atoms with Crippen molar-refractivity contribution in [2.24, 2.45) is 5.73 Å². The van der Waals surface area contributed by atoms with Crippen LogP contribution >= 0.6 is 0 Å². The van der Waals surface area contributed by atoms with E-state index in [4.69, 9.17) is 5.73 Å². The second kappa shape index (κ2) is 6.91. The number of nitrogens with two attached hydrogens (primary N) is 1. The maximum absolute atomic E-state index is 6.75. The summed E-state index contributed by atoms with van der Waals surface area (Å²) >= 11 is 0. The molecule has 1 heteroatoms. The Morgan fingerprint density at radius 3 is 2.14 bits per heavy atom. The summed E-state index contributed by atoms with van der Waals surface area (Å²) < 4.78 is 0. The zero-order valence-corrected chi connectivity index (χ0v) is 13.5. The van der Waals surface area contributed by atoms with Gasteiger partial charge in [0.25, 0.3) is 0 Å². The first-order valence-corrected chi connectivity index (χ1v) is 8.07. The van der Waals surface area contributed by atoms with E-state index in [9.17, 15) is 0 Å². The third kappa shape index (κ3) is 3.03. The first-order valence-electron chi connectivity index (χ1n) is 8.07. The first-order chi connectivity index (χ1) is 10.2. The van der Waals surface area contributed by atoms with Gasteiger partial charge in [-0.2, -0.15) is 0 Å². The zero-order valence-electron chi connectivity index (χ0n) is 13.5. The van der Waals surface area contributed by atoms with Gasteiger partial charge in [-0.1, -0.05) is 75.4 Å². The van der Waals surface area contributed by atoms with Crippen LogP contribution in [0, 0.1) is 0 Å². The molecule has 21 heavy (non-hydrogen) atoms. The van der Waals surface area contributed by atoms with Gasteiger partial charge in [0, 0.05) is 11.5 Å². The lowest BCUT2D eigenvalue weighted by Crippen LogP contribution is -2.37. The monoisotopic (exact) mass is 281 g/mol. The van der Waals surface area contributed by atoms with Gasteiger partial charge >= 0.3 is 0 Å². The van der Waals surface area contributed by atoms with Crippen molar-refractivity contribution < 1.29 is 0 Å². The highest BCUT2D eigenvalue weighted by molar-refractivity contribution is 5.34. The highest BCUT2D eigenvalue weighted by Crippen LogP contribution is 2.41. The van der Waals surface area contributed by atoms with Gasteiger partial charge in [0.2, 0.25) is 0 Å². The third-order valence-corrected chi connectivity index (χ3v) is 4.92. The number of hydrogen-bond acceptors (Lipinski definition) is 1. The second-order valence-electron chi connectivity index (χ2n) is 5.81. The van der Waals surface area contributed by atoms with Crippen LogP contribution in [0.5, 0.6) is 0 Å². The quantitative estimate of drug-likeness (QED) is 0.791. The summed E-state index contributed by atoms with van der Waals surface area (Å²) in [5, 5.41) is 0. The topological polar surface area (TPSA) is 26.0 Å². The van der Waals surface area contributed by atoms with E-state index >= 15 is 0 Å². The van der Waals surface area contributed by atoms with Crippen molar-refractivity contribution in [1.29, 1.82) is 0 Å². The Hall–Kier alpha value is -1.60. The molecule has 1 atom stereocenters. The van der Waals surface area contributed by atoms with E-state index in [1.807, 2.05) is 0 Å². The number of hydrogen-bond donors (Lipinski definition) is 1. The van der Waals surface area contributed by atoms with E-state index in [-0.39, 0.29) is 11.5 Å². The largest absolute Gasteiger partial charge is 0.323 e. The van der Waals surface area contributed by atoms with Crippen LogP contribution in [0.25, 0.3) is 0 Å². The minimum absolute atomic E-state index is 0.00756. The van der Waals surface area contributed by atoms with E-state index in [1.54, 1.807) is 0 Å². The van der Waals surface area contributed by atoms with Crippen LogP contribution in [0.15, 0.2) is 54.6 Å². The molecule has 0 spiro atoms. The lowest BCUT2D eigenvalue weighted by molar-refractivity contribution is 0.322. The van der Waals surface area contributed by atoms with Crippen LogP contribution in [0.4, 0.5) is 0 Å². The van der Waals surface area contributed by atoms with Crippen LogP contribution in [0.1, 0.15) is 56.3 Å². The molecule has 0 heterocycles. The normalized spacial score (nSPS) is 13.1. The molecule has 1 nitrogen and oxygen atoms in total. The van der Waals surface area contributed by atoms with Crippen molar-refractivity contribution in [3.8, 4) is 0 Å². The Balaban J connectivity index is 2.46. The Bertz CT molecular complexity index is 555. The van der Waals surface area contributed by atoms with E-state index in [0.29, 0.717) is 0 Å². The Morgan fingerprint density at radius 1 is 0.905 bits per heavy atom. The van der Waals surface area contributed by atoms with Crippen molar-refractivity contribution in [3.05, 3.63) is 71.3 Å². The van der Waals surface area contributed by atoms with Gasteiger partial charge in [-0.25, -0.2) is 0 Å². The minimum atomic E-state index is 0.00756. The molecule has 0 fully saturated rings. The maximum Gasteiger partial charge on any atom is 0.0393 e. The predicted molar refractivity (Wildman–Crippen MR) is 91.5 cm³/mol. The van der Waals surface area contributed by atoms with E-state index < -0.39 is 0 Å². The summed E-state index contributed by atoms with van der Waals surface area (Å²) in [4.78, 5) is 0. The van der Waals surface area contributed by atoms with Crippen molar-refractivity contribution >= 4 is 0 Å². The zero-order chi connectivity index (χ0) is 15.3. The summed E-state index contributed by atoms with van der Waals surface area (Å²) in [6.07, 6.45) is 3.15. The molecule has 0 saturated heterocycles. The second-order valence-corrected chi connectivity index (χ2v) is 5.81. The molecule has 2 N–H and O–H groups in total. The molecule has 0 saturated carbocycles. The summed E-state index contributed by atoms with van der Waals surface area (Å²) in [7, 11) is 0. The number of rotatable bonds is 6. The maximum atomic E-state index is 6.75.